The number of rotatable bonds is 6. The van der Waals surface area contributed by atoms with E-state index in [9.17, 15) is 22.8 Å². The zero-order valence-corrected chi connectivity index (χ0v) is 17.3. The highest BCUT2D eigenvalue weighted by atomic mass is 32.2. The van der Waals surface area contributed by atoms with Gasteiger partial charge < -0.3 is 4.90 Å². The van der Waals surface area contributed by atoms with Crippen molar-refractivity contribution in [3.63, 3.8) is 0 Å². The number of carbonyl (C=O) groups excluding carboxylic acids is 3. The minimum atomic E-state index is -3.01. The van der Waals surface area contributed by atoms with Gasteiger partial charge in [0.25, 0.3) is 0 Å². The summed E-state index contributed by atoms with van der Waals surface area (Å²) in [6, 6.07) is -0.161. The molecule has 3 heterocycles. The average Bonchev–Trinajstić information content (AvgIpc) is 3.24. The lowest BCUT2D eigenvalue weighted by Crippen LogP contribution is -2.34. The van der Waals surface area contributed by atoms with Crippen LogP contribution >= 0.6 is 0 Å². The molecule has 0 unspecified atom stereocenters. The lowest BCUT2D eigenvalue weighted by molar-refractivity contribution is -0.139. The van der Waals surface area contributed by atoms with E-state index in [1.807, 2.05) is 13.8 Å². The Hall–Kier alpha value is -2.23. The Labute approximate surface area is 164 Å². The first kappa shape index (κ1) is 20.5. The number of aromatic nitrogens is 2. The lowest BCUT2D eigenvalue weighted by atomic mass is 10.1. The molecule has 9 nitrogen and oxygen atoms in total. The van der Waals surface area contributed by atoms with Crippen molar-refractivity contribution < 1.29 is 22.8 Å². The number of imide groups is 1. The molecule has 0 aromatic carbocycles. The Morgan fingerprint density at radius 2 is 1.86 bits per heavy atom. The molecule has 3 rings (SSSR count). The maximum atomic E-state index is 12.5. The largest absolute Gasteiger partial charge is 0.341 e. The fourth-order valence-electron chi connectivity index (χ4n) is 3.85. The van der Waals surface area contributed by atoms with E-state index in [1.54, 1.807) is 16.6 Å². The molecular formula is C18H26N4O5S. The fraction of sp³-hybridized carbons (Fsp3) is 0.667. The van der Waals surface area contributed by atoms with E-state index >= 15 is 0 Å². The molecule has 0 bridgehead atoms. The maximum Gasteiger partial charge on any atom is 0.229 e. The third-order valence-electron chi connectivity index (χ3n) is 5.55. The maximum absolute atomic E-state index is 12.5. The van der Waals surface area contributed by atoms with E-state index < -0.39 is 9.84 Å². The summed E-state index contributed by atoms with van der Waals surface area (Å²) in [5.41, 5.74) is 2.53. The van der Waals surface area contributed by atoms with E-state index in [1.165, 1.54) is 0 Å². The Morgan fingerprint density at radius 3 is 2.43 bits per heavy atom. The summed E-state index contributed by atoms with van der Waals surface area (Å²) in [6.07, 6.45) is 1.08. The molecule has 1 atom stereocenters. The van der Waals surface area contributed by atoms with Crippen LogP contribution in [0.25, 0.3) is 0 Å². The molecule has 2 aliphatic heterocycles. The summed E-state index contributed by atoms with van der Waals surface area (Å²) in [5.74, 6) is -0.332. The van der Waals surface area contributed by atoms with Crippen molar-refractivity contribution in [3.8, 4) is 0 Å². The fourth-order valence-corrected chi connectivity index (χ4v) is 5.54. The Kier molecular flexibility index (Phi) is 5.60. The van der Waals surface area contributed by atoms with Gasteiger partial charge in [0, 0.05) is 50.7 Å². The first-order valence-corrected chi connectivity index (χ1v) is 11.2. The monoisotopic (exact) mass is 410 g/mol. The van der Waals surface area contributed by atoms with Crippen molar-refractivity contribution in [1.29, 1.82) is 0 Å². The van der Waals surface area contributed by atoms with Crippen LogP contribution < -0.4 is 0 Å². The standard InChI is InChI=1S/C18H26N4O5S/c1-12-15(13(2)22(19-12)14-7-9-28(26,27)11-14)10-20(3)16(23)6-8-21-17(24)4-5-18(21)25/h14H,4-11H2,1-3H3/t14-/m0/s1. The number of hydrogen-bond acceptors (Lipinski definition) is 6. The van der Waals surface area contributed by atoms with Gasteiger partial charge in [0.15, 0.2) is 9.84 Å². The van der Waals surface area contributed by atoms with Crippen LogP contribution in [0.2, 0.25) is 0 Å². The van der Waals surface area contributed by atoms with Gasteiger partial charge in [-0.1, -0.05) is 0 Å². The lowest BCUT2D eigenvalue weighted by Gasteiger charge is -2.20. The van der Waals surface area contributed by atoms with Gasteiger partial charge in [-0.15, -0.1) is 0 Å². The van der Waals surface area contributed by atoms with Crippen LogP contribution in [0.15, 0.2) is 0 Å². The minimum absolute atomic E-state index is 0.0844. The second-order valence-corrected chi connectivity index (χ2v) is 9.82. The van der Waals surface area contributed by atoms with Crippen molar-refractivity contribution >= 4 is 27.6 Å². The van der Waals surface area contributed by atoms with Gasteiger partial charge in [0.05, 0.1) is 23.2 Å². The van der Waals surface area contributed by atoms with Gasteiger partial charge in [-0.3, -0.25) is 24.0 Å². The van der Waals surface area contributed by atoms with Crippen molar-refractivity contribution in [3.05, 3.63) is 17.0 Å². The highest BCUT2D eigenvalue weighted by molar-refractivity contribution is 7.91. The average molecular weight is 410 g/mol. The van der Waals surface area contributed by atoms with Gasteiger partial charge >= 0.3 is 0 Å². The van der Waals surface area contributed by atoms with E-state index in [2.05, 4.69) is 5.10 Å². The number of aryl methyl sites for hydroxylation is 1. The van der Waals surface area contributed by atoms with Gasteiger partial charge in [-0.2, -0.15) is 5.10 Å². The molecule has 2 saturated heterocycles. The SMILES string of the molecule is Cc1nn([C@H]2CCS(=O)(=O)C2)c(C)c1CN(C)C(=O)CCN1C(=O)CCC1=O. The quantitative estimate of drug-likeness (QED) is 0.626. The summed E-state index contributed by atoms with van der Waals surface area (Å²) in [4.78, 5) is 38.5. The van der Waals surface area contributed by atoms with Crippen LogP contribution in [-0.2, 0) is 30.8 Å². The molecule has 0 spiro atoms. The summed E-state index contributed by atoms with van der Waals surface area (Å²) < 4.78 is 25.3. The van der Waals surface area contributed by atoms with Gasteiger partial charge in [-0.05, 0) is 20.3 Å². The van der Waals surface area contributed by atoms with Crippen LogP contribution in [-0.4, -0.2) is 70.8 Å². The van der Waals surface area contributed by atoms with E-state index in [-0.39, 0.29) is 61.1 Å². The van der Waals surface area contributed by atoms with E-state index in [0.717, 1.165) is 21.9 Å². The molecule has 2 aliphatic rings. The molecule has 2 fully saturated rings. The van der Waals surface area contributed by atoms with Crippen LogP contribution in [0.5, 0.6) is 0 Å². The Balaban J connectivity index is 1.63. The number of hydrogen-bond donors (Lipinski definition) is 0. The molecule has 10 heteroatoms. The smallest absolute Gasteiger partial charge is 0.229 e. The van der Waals surface area contributed by atoms with Gasteiger partial charge in [-0.25, -0.2) is 8.42 Å². The van der Waals surface area contributed by atoms with Crippen molar-refractivity contribution in [2.45, 2.75) is 52.1 Å². The van der Waals surface area contributed by atoms with E-state index in [4.69, 9.17) is 0 Å². The number of likely N-dealkylation sites (tertiary alicyclic amines) is 1. The second kappa shape index (κ2) is 7.65. The summed E-state index contributed by atoms with van der Waals surface area (Å²) >= 11 is 0. The molecule has 154 valence electrons. The van der Waals surface area contributed by atoms with Crippen molar-refractivity contribution in [2.75, 3.05) is 25.1 Å². The van der Waals surface area contributed by atoms with Crippen LogP contribution in [0.4, 0.5) is 0 Å². The van der Waals surface area contributed by atoms with Crippen LogP contribution in [0.1, 0.15) is 48.7 Å². The molecule has 0 radical (unpaired) electrons. The Morgan fingerprint density at radius 1 is 1.21 bits per heavy atom. The van der Waals surface area contributed by atoms with Crippen LogP contribution in [0.3, 0.4) is 0 Å². The molecule has 0 aliphatic carbocycles. The molecule has 0 saturated carbocycles. The normalized spacial score (nSPS) is 21.5. The third kappa shape index (κ3) is 4.11. The highest BCUT2D eigenvalue weighted by Gasteiger charge is 2.32. The van der Waals surface area contributed by atoms with Crippen LogP contribution in [0, 0.1) is 13.8 Å². The number of carbonyl (C=O) groups is 3. The molecular weight excluding hydrogens is 384 g/mol. The number of amides is 3. The first-order chi connectivity index (χ1) is 13.1. The zero-order chi connectivity index (χ0) is 20.6. The summed E-state index contributed by atoms with van der Waals surface area (Å²) in [5, 5.41) is 4.52. The van der Waals surface area contributed by atoms with Gasteiger partial charge in [0.2, 0.25) is 17.7 Å². The predicted octanol–water partition coefficient (Wildman–Crippen LogP) is 0.357. The zero-order valence-electron chi connectivity index (χ0n) is 16.5. The molecule has 0 N–H and O–H groups in total. The van der Waals surface area contributed by atoms with Gasteiger partial charge in [0.1, 0.15) is 0 Å². The summed E-state index contributed by atoms with van der Waals surface area (Å²) in [6.45, 7) is 4.19. The minimum Gasteiger partial charge on any atom is -0.341 e. The first-order valence-electron chi connectivity index (χ1n) is 9.41. The highest BCUT2D eigenvalue weighted by Crippen LogP contribution is 2.27. The predicted molar refractivity (Wildman–Crippen MR) is 101 cm³/mol. The third-order valence-corrected chi connectivity index (χ3v) is 7.30. The Bertz CT molecular complexity index is 905. The number of sulfone groups is 1. The molecule has 1 aromatic heterocycles. The second-order valence-electron chi connectivity index (χ2n) is 7.59. The molecule has 1 aromatic rings. The van der Waals surface area contributed by atoms with Crippen molar-refractivity contribution in [1.82, 2.24) is 19.6 Å². The molecule has 3 amide bonds. The molecule has 28 heavy (non-hydrogen) atoms. The van der Waals surface area contributed by atoms with Crippen molar-refractivity contribution in [2.24, 2.45) is 0 Å². The summed E-state index contributed by atoms with van der Waals surface area (Å²) in [7, 11) is -1.34. The van der Waals surface area contributed by atoms with E-state index in [0.29, 0.717) is 13.0 Å². The topological polar surface area (TPSA) is 110 Å². The number of nitrogens with zero attached hydrogens (tertiary/aromatic N) is 4.